The van der Waals surface area contributed by atoms with E-state index in [1.807, 2.05) is 60.7 Å². The Labute approximate surface area is 193 Å². The Bertz CT molecular complexity index is 1370. The number of fused-ring (bicyclic) bond motifs is 1. The third-order valence-corrected chi connectivity index (χ3v) is 7.51. The van der Waals surface area contributed by atoms with Crippen LogP contribution in [0.4, 0.5) is 0 Å². The number of nitrogens with one attached hydrogen (secondary N) is 1. The second-order valence-electron chi connectivity index (χ2n) is 7.03. The van der Waals surface area contributed by atoms with Crippen molar-refractivity contribution in [2.45, 2.75) is 6.54 Å². The number of hydrogen-bond donors (Lipinski definition) is 1. The third kappa shape index (κ3) is 4.12. The van der Waals surface area contributed by atoms with Gasteiger partial charge < -0.3 is 5.32 Å². The highest BCUT2D eigenvalue weighted by Crippen LogP contribution is 2.35. The van der Waals surface area contributed by atoms with Gasteiger partial charge in [0, 0.05) is 33.1 Å². The molecule has 0 aliphatic carbocycles. The van der Waals surface area contributed by atoms with E-state index in [0.29, 0.717) is 16.4 Å². The smallest absolute Gasteiger partial charge is 0.263 e. The summed E-state index contributed by atoms with van der Waals surface area (Å²) in [7, 11) is 0. The number of carbonyl (C=O) groups is 1. The molecule has 3 aromatic carbocycles. The normalized spacial score (nSPS) is 11.0. The van der Waals surface area contributed by atoms with Crippen molar-refractivity contribution in [3.8, 4) is 21.8 Å². The second-order valence-corrected chi connectivity index (χ2v) is 9.32. The van der Waals surface area contributed by atoms with Crippen LogP contribution in [0, 0.1) is 0 Å². The van der Waals surface area contributed by atoms with Crippen LogP contribution in [0.25, 0.3) is 31.9 Å². The largest absolute Gasteiger partial charge is 0.347 e. The van der Waals surface area contributed by atoms with Gasteiger partial charge in [-0.2, -0.15) is 0 Å². The van der Waals surface area contributed by atoms with Gasteiger partial charge in [-0.1, -0.05) is 78.3 Å². The molecule has 0 unspecified atom stereocenters. The van der Waals surface area contributed by atoms with Gasteiger partial charge in [-0.05, 0) is 17.7 Å². The number of halogens is 1. The van der Waals surface area contributed by atoms with Crippen LogP contribution < -0.4 is 5.32 Å². The third-order valence-electron chi connectivity index (χ3n) is 4.94. The number of benzene rings is 3. The second kappa shape index (κ2) is 8.63. The lowest BCUT2D eigenvalue weighted by atomic mass is 10.1. The molecule has 0 bridgehead atoms. The molecule has 0 fully saturated rings. The first-order chi connectivity index (χ1) is 15.2. The Morgan fingerprint density at radius 3 is 2.55 bits per heavy atom. The van der Waals surface area contributed by atoms with E-state index in [2.05, 4.69) is 28.9 Å². The van der Waals surface area contributed by atoms with Gasteiger partial charge in [-0.3, -0.25) is 4.79 Å². The van der Waals surface area contributed by atoms with E-state index in [-0.39, 0.29) is 5.91 Å². The van der Waals surface area contributed by atoms with Crippen LogP contribution in [0.5, 0.6) is 0 Å². The summed E-state index contributed by atoms with van der Waals surface area (Å²) in [5.41, 5.74) is 4.13. The van der Waals surface area contributed by atoms with Crippen molar-refractivity contribution in [3.63, 3.8) is 0 Å². The Kier molecular flexibility index (Phi) is 5.55. The molecule has 2 heterocycles. The lowest BCUT2D eigenvalue weighted by molar-refractivity contribution is 0.0955. The average molecular weight is 461 g/mol. The minimum absolute atomic E-state index is 0.155. The molecule has 0 spiro atoms. The zero-order valence-corrected chi connectivity index (χ0v) is 18.7. The van der Waals surface area contributed by atoms with Crippen LogP contribution in [0.1, 0.15) is 15.2 Å². The summed E-state index contributed by atoms with van der Waals surface area (Å²) in [4.78, 5) is 18.1. The van der Waals surface area contributed by atoms with Crippen molar-refractivity contribution in [2.75, 3.05) is 0 Å². The first-order valence-corrected chi connectivity index (χ1v) is 11.8. The van der Waals surface area contributed by atoms with Gasteiger partial charge in [-0.15, -0.1) is 22.7 Å². The SMILES string of the molecule is O=C(NCc1cccc(-c2nc(-c3ccccc3)cs2)c1)c1sc2ccccc2c1Cl. The van der Waals surface area contributed by atoms with Crippen molar-refractivity contribution in [2.24, 2.45) is 0 Å². The van der Waals surface area contributed by atoms with Gasteiger partial charge in [0.15, 0.2) is 0 Å². The summed E-state index contributed by atoms with van der Waals surface area (Å²) >= 11 is 9.47. The molecule has 6 heteroatoms. The molecule has 0 radical (unpaired) electrons. The van der Waals surface area contributed by atoms with Crippen LogP contribution in [-0.4, -0.2) is 10.9 Å². The van der Waals surface area contributed by atoms with Gasteiger partial charge in [0.1, 0.15) is 9.88 Å². The molecule has 0 saturated heterocycles. The maximum atomic E-state index is 12.7. The van der Waals surface area contributed by atoms with Gasteiger partial charge in [0.25, 0.3) is 5.91 Å². The van der Waals surface area contributed by atoms with E-state index in [4.69, 9.17) is 16.6 Å². The molecule has 1 N–H and O–H groups in total. The fraction of sp³-hybridized carbons (Fsp3) is 0.0400. The van der Waals surface area contributed by atoms with Crippen LogP contribution in [0.15, 0.2) is 84.2 Å². The molecule has 0 saturated carbocycles. The van der Waals surface area contributed by atoms with E-state index in [0.717, 1.165) is 37.5 Å². The number of carbonyl (C=O) groups excluding carboxylic acids is 1. The summed E-state index contributed by atoms with van der Waals surface area (Å²) in [6.45, 7) is 0.425. The molecule has 5 rings (SSSR count). The Hall–Kier alpha value is -2.99. The average Bonchev–Trinajstić information content (AvgIpc) is 3.44. The maximum Gasteiger partial charge on any atom is 0.263 e. The number of nitrogens with zero attached hydrogens (tertiary/aromatic N) is 1. The maximum absolute atomic E-state index is 12.7. The molecule has 152 valence electrons. The molecule has 1 amide bonds. The van der Waals surface area contributed by atoms with E-state index in [9.17, 15) is 4.79 Å². The summed E-state index contributed by atoms with van der Waals surface area (Å²) in [6, 6.07) is 26.0. The van der Waals surface area contributed by atoms with Gasteiger partial charge in [0.2, 0.25) is 0 Å². The summed E-state index contributed by atoms with van der Waals surface area (Å²) < 4.78 is 1.01. The quantitative estimate of drug-likeness (QED) is 0.299. The van der Waals surface area contributed by atoms with Crippen molar-refractivity contribution in [3.05, 3.63) is 99.7 Å². The molecule has 0 aliphatic rings. The number of amides is 1. The van der Waals surface area contributed by atoms with E-state index in [1.165, 1.54) is 11.3 Å². The molecule has 0 atom stereocenters. The van der Waals surface area contributed by atoms with Crippen LogP contribution >= 0.6 is 34.3 Å². The highest BCUT2D eigenvalue weighted by molar-refractivity contribution is 7.21. The minimum atomic E-state index is -0.155. The van der Waals surface area contributed by atoms with Crippen LogP contribution in [0.2, 0.25) is 5.02 Å². The lowest BCUT2D eigenvalue weighted by Crippen LogP contribution is -2.22. The molecule has 31 heavy (non-hydrogen) atoms. The van der Waals surface area contributed by atoms with Gasteiger partial charge in [0.05, 0.1) is 10.7 Å². The molecule has 0 aliphatic heterocycles. The minimum Gasteiger partial charge on any atom is -0.347 e. The standard InChI is InChI=1S/C25H17ClN2OS2/c26-22-19-11-4-5-12-21(19)31-23(22)24(29)27-14-16-7-6-10-18(13-16)25-28-20(15-30-25)17-8-2-1-3-9-17/h1-13,15H,14H2,(H,27,29). The number of aromatic nitrogens is 1. The van der Waals surface area contributed by atoms with Gasteiger partial charge >= 0.3 is 0 Å². The fourth-order valence-electron chi connectivity index (χ4n) is 3.38. The lowest BCUT2D eigenvalue weighted by Gasteiger charge is -2.06. The van der Waals surface area contributed by atoms with Crippen molar-refractivity contribution >= 4 is 50.3 Å². The number of hydrogen-bond acceptors (Lipinski definition) is 4. The topological polar surface area (TPSA) is 42.0 Å². The summed E-state index contributed by atoms with van der Waals surface area (Å²) in [5, 5.41) is 7.46. The highest BCUT2D eigenvalue weighted by atomic mass is 35.5. The number of thiazole rings is 1. The van der Waals surface area contributed by atoms with E-state index < -0.39 is 0 Å². The zero-order valence-electron chi connectivity index (χ0n) is 16.3. The first kappa shape index (κ1) is 19.9. The monoisotopic (exact) mass is 460 g/mol. The Morgan fingerprint density at radius 1 is 0.935 bits per heavy atom. The predicted octanol–water partition coefficient (Wildman–Crippen LogP) is 7.28. The Morgan fingerprint density at radius 2 is 1.71 bits per heavy atom. The van der Waals surface area contributed by atoms with E-state index in [1.54, 1.807) is 11.3 Å². The summed E-state index contributed by atoms with van der Waals surface area (Å²) in [5.74, 6) is -0.155. The number of rotatable bonds is 5. The van der Waals surface area contributed by atoms with E-state index >= 15 is 0 Å². The molecule has 5 aromatic rings. The predicted molar refractivity (Wildman–Crippen MR) is 131 cm³/mol. The Balaban J connectivity index is 1.32. The number of thiophene rings is 1. The van der Waals surface area contributed by atoms with Crippen molar-refractivity contribution in [1.29, 1.82) is 0 Å². The molecular formula is C25H17ClN2OS2. The fourth-order valence-corrected chi connectivity index (χ4v) is 5.64. The zero-order chi connectivity index (χ0) is 21.2. The molecule has 2 aromatic heterocycles. The first-order valence-electron chi connectivity index (χ1n) is 9.74. The molecular weight excluding hydrogens is 444 g/mol. The van der Waals surface area contributed by atoms with Crippen LogP contribution in [0.3, 0.4) is 0 Å². The van der Waals surface area contributed by atoms with Crippen LogP contribution in [-0.2, 0) is 6.54 Å². The molecule has 3 nitrogen and oxygen atoms in total. The van der Waals surface area contributed by atoms with Gasteiger partial charge in [-0.25, -0.2) is 4.98 Å². The van der Waals surface area contributed by atoms with Crippen molar-refractivity contribution in [1.82, 2.24) is 10.3 Å². The summed E-state index contributed by atoms with van der Waals surface area (Å²) in [6.07, 6.45) is 0. The van der Waals surface area contributed by atoms with Crippen molar-refractivity contribution < 1.29 is 4.79 Å². The highest BCUT2D eigenvalue weighted by Gasteiger charge is 2.16.